The van der Waals surface area contributed by atoms with E-state index in [1.54, 1.807) is 24.3 Å². The molecular formula is C23H21F2N4O2Pt-. The fraction of sp³-hybridized carbons (Fsp3) is 0.304. The van der Waals surface area contributed by atoms with Crippen LogP contribution < -0.4 is 4.90 Å². The Balaban J connectivity index is 0.00000289. The minimum atomic E-state index is -1.10. The molecule has 1 aliphatic heterocycles. The number of carboxylic acids is 1. The first kappa shape index (κ1) is 23.9. The van der Waals surface area contributed by atoms with Crippen LogP contribution in [-0.4, -0.2) is 39.1 Å². The maximum atomic E-state index is 14.1. The predicted octanol–water partition coefficient (Wildman–Crippen LogP) is 4.24. The number of nitrogens with zero attached hydrogens (tertiary/aromatic N) is 4. The molecule has 1 saturated heterocycles. The molecule has 3 aromatic heterocycles. The van der Waals surface area contributed by atoms with Crippen molar-refractivity contribution >= 4 is 11.7 Å². The zero-order valence-corrected chi connectivity index (χ0v) is 19.8. The Kier molecular flexibility index (Phi) is 7.03. The van der Waals surface area contributed by atoms with Crippen LogP contribution in [0.4, 0.5) is 14.5 Å². The Morgan fingerprint density at radius 2 is 1.81 bits per heavy atom. The third kappa shape index (κ3) is 4.70. The van der Waals surface area contributed by atoms with Gasteiger partial charge in [0.2, 0.25) is 0 Å². The molecule has 170 valence electrons. The monoisotopic (exact) mass is 618 g/mol. The molecular weight excluding hydrogens is 597 g/mol. The van der Waals surface area contributed by atoms with Crippen LogP contribution in [0, 0.1) is 18.0 Å². The van der Waals surface area contributed by atoms with Gasteiger partial charge in [0.05, 0.1) is 5.69 Å². The van der Waals surface area contributed by atoms with E-state index in [2.05, 4.69) is 25.9 Å². The van der Waals surface area contributed by atoms with Crippen molar-refractivity contribution < 1.29 is 39.7 Å². The Morgan fingerprint density at radius 3 is 2.47 bits per heavy atom. The predicted molar refractivity (Wildman–Crippen MR) is 111 cm³/mol. The quantitative estimate of drug-likeness (QED) is 0.341. The summed E-state index contributed by atoms with van der Waals surface area (Å²) in [6.07, 6.45) is 2.11. The van der Waals surface area contributed by atoms with Crippen LogP contribution in [0.25, 0.3) is 11.3 Å². The zero-order chi connectivity index (χ0) is 22.2. The molecule has 0 spiro atoms. The van der Waals surface area contributed by atoms with Crippen LogP contribution in [0.5, 0.6) is 0 Å². The summed E-state index contributed by atoms with van der Waals surface area (Å²) in [5.41, 5.74) is 1.32. The largest absolute Gasteiger partial charge is 0.477 e. The van der Waals surface area contributed by atoms with Gasteiger partial charge >= 0.3 is 5.97 Å². The maximum absolute atomic E-state index is 14.1. The van der Waals surface area contributed by atoms with Crippen molar-refractivity contribution in [2.75, 3.05) is 18.0 Å². The molecule has 9 heteroatoms. The van der Waals surface area contributed by atoms with Gasteiger partial charge in [0.1, 0.15) is 11.9 Å². The van der Waals surface area contributed by atoms with E-state index in [9.17, 15) is 18.7 Å². The second kappa shape index (κ2) is 9.41. The molecule has 1 N–H and O–H groups in total. The number of aromatic nitrogens is 3. The number of rotatable bonds is 5. The number of carboxylic acid groups (broad SMARTS) is 1. The standard InChI is InChI=1S/C23H21F2N4O2.Pt/c1-23(2,18-7-5-6-16(26-18)15-8-9-20(24)28-21(15)25)19-13-14(29-10-3-4-11-29)12-17(27-19)22(30)31;/h5-7,9,12-13H,3-4,10-11H2,1-2H3,(H,30,31);/q-1;. The average molecular weight is 619 g/mol. The van der Waals surface area contributed by atoms with E-state index in [1.165, 1.54) is 0 Å². The summed E-state index contributed by atoms with van der Waals surface area (Å²) in [5, 5.41) is 9.58. The van der Waals surface area contributed by atoms with Gasteiger partial charge in [0, 0.05) is 51.0 Å². The Morgan fingerprint density at radius 1 is 1.09 bits per heavy atom. The third-order valence-electron chi connectivity index (χ3n) is 5.53. The second-order valence-electron chi connectivity index (χ2n) is 8.02. The minimum Gasteiger partial charge on any atom is -0.477 e. The van der Waals surface area contributed by atoms with E-state index in [0.717, 1.165) is 37.7 Å². The van der Waals surface area contributed by atoms with Crippen molar-refractivity contribution in [1.29, 1.82) is 0 Å². The summed E-state index contributed by atoms with van der Waals surface area (Å²) in [6.45, 7) is 5.49. The van der Waals surface area contributed by atoms with Gasteiger partial charge in [-0.05, 0) is 50.6 Å². The van der Waals surface area contributed by atoms with Crippen molar-refractivity contribution in [2.45, 2.75) is 32.1 Å². The summed E-state index contributed by atoms with van der Waals surface area (Å²) >= 11 is 0. The Bertz CT molecular complexity index is 1150. The molecule has 0 bridgehead atoms. The molecule has 0 radical (unpaired) electrons. The Hall–Kier alpha value is -2.73. The van der Waals surface area contributed by atoms with Gasteiger partial charge in [0.15, 0.2) is 5.69 Å². The number of pyridine rings is 3. The smallest absolute Gasteiger partial charge is 0.354 e. The van der Waals surface area contributed by atoms with Crippen molar-refractivity contribution in [3.8, 4) is 11.3 Å². The SMILES string of the molecule is CC(C)(c1cc(N2CCCC2)cc(C(=O)O)n1)c1cccc(-c2[c-]cc(F)nc2F)n1.[Pt]. The zero-order valence-electron chi connectivity index (χ0n) is 17.5. The molecule has 0 saturated carbocycles. The van der Waals surface area contributed by atoms with Gasteiger partial charge in [-0.2, -0.15) is 0 Å². The average Bonchev–Trinajstić information content (AvgIpc) is 3.28. The first-order valence-corrected chi connectivity index (χ1v) is 9.98. The molecule has 6 nitrogen and oxygen atoms in total. The summed E-state index contributed by atoms with van der Waals surface area (Å²) in [4.78, 5) is 26.0. The van der Waals surface area contributed by atoms with Crippen molar-refractivity contribution in [1.82, 2.24) is 15.0 Å². The van der Waals surface area contributed by atoms with Crippen molar-refractivity contribution in [3.05, 3.63) is 71.4 Å². The minimum absolute atomic E-state index is 0. The summed E-state index contributed by atoms with van der Waals surface area (Å²) in [7, 11) is 0. The first-order chi connectivity index (χ1) is 14.8. The van der Waals surface area contributed by atoms with Crippen molar-refractivity contribution in [3.63, 3.8) is 0 Å². The first-order valence-electron chi connectivity index (χ1n) is 9.98. The van der Waals surface area contributed by atoms with Crippen molar-refractivity contribution in [2.24, 2.45) is 0 Å². The third-order valence-corrected chi connectivity index (χ3v) is 5.53. The maximum Gasteiger partial charge on any atom is 0.354 e. The van der Waals surface area contributed by atoms with E-state index >= 15 is 0 Å². The fourth-order valence-electron chi connectivity index (χ4n) is 3.71. The van der Waals surface area contributed by atoms with Gasteiger partial charge in [-0.3, -0.25) is 4.98 Å². The molecule has 0 amide bonds. The number of anilines is 1. The van der Waals surface area contributed by atoms with E-state index in [-0.39, 0.29) is 38.0 Å². The number of halogens is 2. The van der Waals surface area contributed by atoms with Gasteiger partial charge in [-0.25, -0.2) is 18.6 Å². The van der Waals surface area contributed by atoms with Crippen LogP contribution >= 0.6 is 0 Å². The van der Waals surface area contributed by atoms with E-state index in [1.807, 2.05) is 19.9 Å². The molecule has 3 aromatic rings. The fourth-order valence-corrected chi connectivity index (χ4v) is 3.71. The van der Waals surface area contributed by atoms with Gasteiger partial charge in [-0.15, -0.1) is 6.07 Å². The van der Waals surface area contributed by atoms with Crippen LogP contribution in [0.2, 0.25) is 0 Å². The van der Waals surface area contributed by atoms with Crippen LogP contribution in [0.1, 0.15) is 48.6 Å². The number of hydrogen-bond acceptors (Lipinski definition) is 5. The summed E-state index contributed by atoms with van der Waals surface area (Å²) in [5.74, 6) is -3.06. The molecule has 32 heavy (non-hydrogen) atoms. The molecule has 0 aromatic carbocycles. The van der Waals surface area contributed by atoms with Gasteiger partial charge in [0.25, 0.3) is 0 Å². The topological polar surface area (TPSA) is 79.2 Å². The molecule has 1 fully saturated rings. The van der Waals surface area contributed by atoms with Crippen LogP contribution in [0.3, 0.4) is 0 Å². The van der Waals surface area contributed by atoms with Gasteiger partial charge < -0.3 is 15.0 Å². The number of aromatic carboxylic acids is 1. The van der Waals surface area contributed by atoms with Crippen LogP contribution in [0.15, 0.2) is 36.4 Å². The summed E-state index contributed by atoms with van der Waals surface area (Å²) in [6, 6.07) is 12.0. The van der Waals surface area contributed by atoms with E-state index in [4.69, 9.17) is 0 Å². The molecule has 1 aliphatic rings. The molecule has 4 rings (SSSR count). The van der Waals surface area contributed by atoms with E-state index in [0.29, 0.717) is 11.4 Å². The van der Waals surface area contributed by atoms with Gasteiger partial charge in [-0.1, -0.05) is 23.8 Å². The molecule has 0 unspecified atom stereocenters. The normalized spacial score (nSPS) is 13.7. The number of hydrogen-bond donors (Lipinski definition) is 1. The summed E-state index contributed by atoms with van der Waals surface area (Å²) < 4.78 is 27.3. The second-order valence-corrected chi connectivity index (χ2v) is 8.02. The van der Waals surface area contributed by atoms with E-state index < -0.39 is 23.3 Å². The Labute approximate surface area is 199 Å². The molecule has 0 aliphatic carbocycles. The molecule has 0 atom stereocenters. The molecule has 4 heterocycles. The number of carbonyl (C=O) groups is 1. The van der Waals surface area contributed by atoms with Crippen LogP contribution in [-0.2, 0) is 26.5 Å².